The van der Waals surface area contributed by atoms with Gasteiger partial charge < -0.3 is 15.2 Å². The summed E-state index contributed by atoms with van der Waals surface area (Å²) in [7, 11) is 0. The van der Waals surface area contributed by atoms with Crippen molar-refractivity contribution in [1.82, 2.24) is 10.3 Å². The fourth-order valence-corrected chi connectivity index (χ4v) is 1.51. The molecule has 0 aliphatic carbocycles. The van der Waals surface area contributed by atoms with Gasteiger partial charge in [0.15, 0.2) is 6.61 Å². The highest BCUT2D eigenvalue weighted by atomic mass is 19.3. The lowest BCUT2D eigenvalue weighted by Gasteiger charge is -2.13. The van der Waals surface area contributed by atoms with Gasteiger partial charge in [-0.25, -0.2) is 13.8 Å². The van der Waals surface area contributed by atoms with Gasteiger partial charge in [-0.3, -0.25) is 4.79 Å². The van der Waals surface area contributed by atoms with Crippen LogP contribution in [0, 0.1) is 5.92 Å². The molecule has 0 aliphatic heterocycles. The molecule has 1 heterocycles. The molecule has 0 aliphatic rings. The van der Waals surface area contributed by atoms with E-state index in [2.05, 4.69) is 10.3 Å². The van der Waals surface area contributed by atoms with E-state index in [1.165, 1.54) is 18.3 Å². The highest BCUT2D eigenvalue weighted by molar-refractivity contribution is 5.96. The van der Waals surface area contributed by atoms with Gasteiger partial charge in [0.2, 0.25) is 5.88 Å². The molecule has 1 aromatic rings. The Labute approximate surface area is 116 Å². The van der Waals surface area contributed by atoms with Crippen LogP contribution in [-0.2, 0) is 0 Å². The summed E-state index contributed by atoms with van der Waals surface area (Å²) in [4.78, 5) is 15.7. The second-order valence-electron chi connectivity index (χ2n) is 4.39. The molecular weight excluding hydrogens is 270 g/mol. The molecule has 20 heavy (non-hydrogen) atoms. The van der Waals surface area contributed by atoms with E-state index >= 15 is 0 Å². The number of carbonyl (C=O) groups excluding carboxylic acids is 1. The Morgan fingerprint density at radius 2 is 2.30 bits per heavy atom. The largest absolute Gasteiger partial charge is 0.471 e. The highest BCUT2D eigenvalue weighted by Gasteiger charge is 2.15. The Balaban J connectivity index is 2.62. The molecule has 1 amide bonds. The van der Waals surface area contributed by atoms with E-state index in [-0.39, 0.29) is 24.0 Å². The van der Waals surface area contributed by atoms with Crippen LogP contribution >= 0.6 is 0 Å². The first-order valence-electron chi connectivity index (χ1n) is 6.29. The van der Waals surface area contributed by atoms with Gasteiger partial charge in [-0.1, -0.05) is 6.92 Å². The van der Waals surface area contributed by atoms with Crippen LogP contribution in [0.3, 0.4) is 0 Å². The molecular formula is C13H18F2N2O3. The molecule has 1 unspecified atom stereocenters. The number of alkyl halides is 2. The number of carbonyl (C=O) groups is 1. The van der Waals surface area contributed by atoms with Crippen molar-refractivity contribution in [3.8, 4) is 5.88 Å². The van der Waals surface area contributed by atoms with Crippen LogP contribution < -0.4 is 10.1 Å². The minimum absolute atomic E-state index is 0.0483. The number of nitrogens with zero attached hydrogens (tertiary/aromatic N) is 1. The molecule has 1 rings (SSSR count). The number of nitrogens with one attached hydrogen (secondary N) is 1. The van der Waals surface area contributed by atoms with Crippen LogP contribution in [-0.4, -0.2) is 42.2 Å². The van der Waals surface area contributed by atoms with Gasteiger partial charge in [-0.15, -0.1) is 0 Å². The van der Waals surface area contributed by atoms with Gasteiger partial charge in [-0.05, 0) is 24.5 Å². The zero-order valence-corrected chi connectivity index (χ0v) is 11.2. The van der Waals surface area contributed by atoms with Crippen molar-refractivity contribution in [3.63, 3.8) is 0 Å². The van der Waals surface area contributed by atoms with Gasteiger partial charge in [-0.2, -0.15) is 0 Å². The van der Waals surface area contributed by atoms with Crippen molar-refractivity contribution in [2.45, 2.75) is 19.8 Å². The van der Waals surface area contributed by atoms with E-state index < -0.39 is 18.9 Å². The van der Waals surface area contributed by atoms with Crippen LogP contribution in [0.4, 0.5) is 8.78 Å². The maximum Gasteiger partial charge on any atom is 0.272 e. The molecule has 7 heteroatoms. The number of aromatic nitrogens is 1. The summed E-state index contributed by atoms with van der Waals surface area (Å²) in [6.07, 6.45) is -0.689. The second-order valence-corrected chi connectivity index (χ2v) is 4.39. The van der Waals surface area contributed by atoms with Gasteiger partial charge in [0, 0.05) is 19.3 Å². The monoisotopic (exact) mass is 288 g/mol. The van der Waals surface area contributed by atoms with Crippen LogP contribution in [0.1, 0.15) is 23.7 Å². The van der Waals surface area contributed by atoms with E-state index in [1.54, 1.807) is 0 Å². The van der Waals surface area contributed by atoms with Gasteiger partial charge in [0.1, 0.15) is 5.56 Å². The number of pyridine rings is 1. The van der Waals surface area contributed by atoms with E-state index in [4.69, 9.17) is 9.84 Å². The van der Waals surface area contributed by atoms with Crippen molar-refractivity contribution in [1.29, 1.82) is 0 Å². The molecule has 1 aromatic heterocycles. The maximum absolute atomic E-state index is 12.1. The molecule has 0 spiro atoms. The summed E-state index contributed by atoms with van der Waals surface area (Å²) >= 11 is 0. The van der Waals surface area contributed by atoms with Crippen molar-refractivity contribution >= 4 is 5.91 Å². The maximum atomic E-state index is 12.1. The fourth-order valence-electron chi connectivity index (χ4n) is 1.51. The minimum atomic E-state index is -2.63. The zero-order valence-electron chi connectivity index (χ0n) is 11.2. The fraction of sp³-hybridized carbons (Fsp3) is 0.538. The predicted octanol–water partition coefficient (Wildman–Crippen LogP) is 1.47. The molecule has 112 valence electrons. The number of ether oxygens (including phenoxy) is 1. The van der Waals surface area contributed by atoms with Crippen LogP contribution in [0.5, 0.6) is 5.88 Å². The number of halogens is 2. The highest BCUT2D eigenvalue weighted by Crippen LogP contribution is 2.15. The third kappa shape index (κ3) is 5.48. The number of hydrogen-bond donors (Lipinski definition) is 2. The van der Waals surface area contributed by atoms with Crippen molar-refractivity contribution < 1.29 is 23.4 Å². The standard InChI is InChI=1S/C13H18F2N2O3/c1-9(4-6-18)7-17-12(19)10-3-2-5-16-13(10)20-8-11(14)15/h2-3,5,9,11,18H,4,6-8H2,1H3,(H,17,19). The summed E-state index contributed by atoms with van der Waals surface area (Å²) in [5, 5.41) is 11.4. The lowest BCUT2D eigenvalue weighted by atomic mass is 10.1. The number of hydrogen-bond acceptors (Lipinski definition) is 4. The Kier molecular flexibility index (Phi) is 6.86. The quantitative estimate of drug-likeness (QED) is 0.760. The van der Waals surface area contributed by atoms with Crippen LogP contribution in [0.15, 0.2) is 18.3 Å². The molecule has 0 fully saturated rings. The molecule has 0 bridgehead atoms. The Morgan fingerprint density at radius 1 is 1.55 bits per heavy atom. The smallest absolute Gasteiger partial charge is 0.272 e. The lowest BCUT2D eigenvalue weighted by Crippen LogP contribution is -2.29. The molecule has 0 aromatic carbocycles. The Hall–Kier alpha value is -1.76. The van der Waals surface area contributed by atoms with Gasteiger partial charge in [0.25, 0.3) is 12.3 Å². The number of aliphatic hydroxyl groups is 1. The Bertz CT molecular complexity index is 430. The van der Waals surface area contributed by atoms with E-state index in [0.29, 0.717) is 13.0 Å². The average molecular weight is 288 g/mol. The number of aliphatic hydroxyl groups excluding tert-OH is 1. The van der Waals surface area contributed by atoms with Gasteiger partial charge in [0.05, 0.1) is 0 Å². The third-order valence-corrected chi connectivity index (χ3v) is 2.59. The average Bonchev–Trinajstić information content (AvgIpc) is 2.43. The first-order valence-corrected chi connectivity index (χ1v) is 6.29. The summed E-state index contributed by atoms with van der Waals surface area (Å²) in [5.41, 5.74) is 0.115. The molecule has 0 radical (unpaired) electrons. The molecule has 0 saturated carbocycles. The summed E-state index contributed by atoms with van der Waals surface area (Å²) in [6.45, 7) is 1.50. The summed E-state index contributed by atoms with van der Waals surface area (Å²) in [5.74, 6) is -0.432. The molecule has 5 nitrogen and oxygen atoms in total. The predicted molar refractivity (Wildman–Crippen MR) is 68.9 cm³/mol. The SMILES string of the molecule is CC(CCO)CNC(=O)c1cccnc1OCC(F)F. The molecule has 1 atom stereocenters. The Morgan fingerprint density at radius 3 is 2.95 bits per heavy atom. The van der Waals surface area contributed by atoms with E-state index in [0.717, 1.165) is 0 Å². The first kappa shape index (κ1) is 16.3. The van der Waals surface area contributed by atoms with Crippen molar-refractivity contribution in [3.05, 3.63) is 23.9 Å². The van der Waals surface area contributed by atoms with E-state index in [9.17, 15) is 13.6 Å². The second kappa shape index (κ2) is 8.42. The summed E-state index contributed by atoms with van der Waals surface area (Å²) in [6, 6.07) is 2.99. The number of amides is 1. The lowest BCUT2D eigenvalue weighted by molar-refractivity contribution is 0.0772. The van der Waals surface area contributed by atoms with Crippen LogP contribution in [0.25, 0.3) is 0 Å². The topological polar surface area (TPSA) is 71.5 Å². The molecule has 2 N–H and O–H groups in total. The van der Waals surface area contributed by atoms with Gasteiger partial charge >= 0.3 is 0 Å². The normalized spacial score (nSPS) is 12.2. The minimum Gasteiger partial charge on any atom is -0.471 e. The first-order chi connectivity index (χ1) is 9.54. The van der Waals surface area contributed by atoms with Crippen LogP contribution in [0.2, 0.25) is 0 Å². The van der Waals surface area contributed by atoms with Crippen molar-refractivity contribution in [2.75, 3.05) is 19.8 Å². The summed E-state index contributed by atoms with van der Waals surface area (Å²) < 4.78 is 29.0. The number of rotatable bonds is 8. The molecule has 0 saturated heterocycles. The van der Waals surface area contributed by atoms with E-state index in [1.807, 2.05) is 6.92 Å². The third-order valence-electron chi connectivity index (χ3n) is 2.59. The van der Waals surface area contributed by atoms with Crippen molar-refractivity contribution in [2.24, 2.45) is 5.92 Å². The zero-order chi connectivity index (χ0) is 15.0.